The lowest BCUT2D eigenvalue weighted by Crippen LogP contribution is -1.84. The van der Waals surface area contributed by atoms with Crippen LogP contribution in [-0.4, -0.2) is 10.1 Å². The molecule has 1 N–H and O–H groups in total. The zero-order valence-electron chi connectivity index (χ0n) is 4.96. The van der Waals surface area contributed by atoms with Crippen molar-refractivity contribution in [1.82, 2.24) is 4.98 Å². The zero-order valence-corrected chi connectivity index (χ0v) is 4.96. The second kappa shape index (κ2) is 2.60. The molecule has 54 valence electrons. The first kappa shape index (κ1) is 6.92. The van der Waals surface area contributed by atoms with Crippen molar-refractivity contribution >= 4 is 0 Å². The van der Waals surface area contributed by atoms with E-state index >= 15 is 0 Å². The van der Waals surface area contributed by atoms with Crippen LogP contribution in [0.5, 0.6) is 5.75 Å². The highest BCUT2D eigenvalue weighted by Gasteiger charge is 2.10. The van der Waals surface area contributed by atoms with Crippen LogP contribution >= 0.6 is 0 Å². The summed E-state index contributed by atoms with van der Waals surface area (Å²) in [5.74, 6) is -0.461. The van der Waals surface area contributed by atoms with Gasteiger partial charge >= 0.3 is 0 Å². The molecule has 0 aromatic carbocycles. The average molecular weight is 145 g/mol. The van der Waals surface area contributed by atoms with Gasteiger partial charge in [-0.3, -0.25) is 4.98 Å². The van der Waals surface area contributed by atoms with E-state index in [4.69, 9.17) is 5.11 Å². The lowest BCUT2D eigenvalue weighted by molar-refractivity contribution is 0.147. The molecule has 0 saturated heterocycles. The predicted octanol–water partition coefficient (Wildman–Crippen LogP) is 1.72. The van der Waals surface area contributed by atoms with Crippen LogP contribution in [0.2, 0.25) is 0 Å². The Hall–Kier alpha value is -1.19. The first-order valence-corrected chi connectivity index (χ1v) is 2.63. The fourth-order valence-corrected chi connectivity index (χ4v) is 0.581. The Morgan fingerprint density at radius 2 is 2.20 bits per heavy atom. The molecule has 0 spiro atoms. The SMILES string of the molecule is Oc1cnccc1C(F)F. The standard InChI is InChI=1S/C6H5F2NO/c7-6(8)4-1-2-9-3-5(4)10/h1-3,6,10H. The zero-order chi connectivity index (χ0) is 7.56. The van der Waals surface area contributed by atoms with E-state index in [0.717, 1.165) is 12.3 Å². The first-order chi connectivity index (χ1) is 4.72. The Balaban J connectivity index is 3.03. The van der Waals surface area contributed by atoms with Crippen molar-refractivity contribution in [3.63, 3.8) is 0 Å². The number of nitrogens with zero attached hydrogens (tertiary/aromatic N) is 1. The average Bonchev–Trinajstić information content (AvgIpc) is 1.88. The summed E-state index contributed by atoms with van der Waals surface area (Å²) in [6.07, 6.45) is -0.439. The molecule has 1 heterocycles. The molecule has 0 atom stereocenters. The summed E-state index contributed by atoms with van der Waals surface area (Å²) in [7, 11) is 0. The van der Waals surface area contributed by atoms with E-state index in [9.17, 15) is 8.78 Å². The van der Waals surface area contributed by atoms with E-state index in [2.05, 4.69) is 4.98 Å². The van der Waals surface area contributed by atoms with Crippen molar-refractivity contribution < 1.29 is 13.9 Å². The lowest BCUT2D eigenvalue weighted by Gasteiger charge is -1.99. The largest absolute Gasteiger partial charge is 0.506 e. The van der Waals surface area contributed by atoms with Crippen molar-refractivity contribution in [1.29, 1.82) is 0 Å². The van der Waals surface area contributed by atoms with Gasteiger partial charge in [-0.15, -0.1) is 0 Å². The van der Waals surface area contributed by atoms with Crippen LogP contribution in [0, 0.1) is 0 Å². The molecule has 0 radical (unpaired) electrons. The Labute approximate surface area is 56.1 Å². The molecule has 0 unspecified atom stereocenters. The Kier molecular flexibility index (Phi) is 1.80. The summed E-state index contributed by atoms with van der Waals surface area (Å²) in [5, 5.41) is 8.74. The number of halogens is 2. The maximum absolute atomic E-state index is 11.8. The van der Waals surface area contributed by atoms with Gasteiger partial charge in [-0.05, 0) is 6.07 Å². The molecule has 2 nitrogen and oxygen atoms in total. The minimum absolute atomic E-state index is 0.380. The number of rotatable bonds is 1. The maximum Gasteiger partial charge on any atom is 0.267 e. The minimum atomic E-state index is -2.64. The highest BCUT2D eigenvalue weighted by Crippen LogP contribution is 2.25. The van der Waals surface area contributed by atoms with E-state index in [-0.39, 0.29) is 5.56 Å². The number of pyridine rings is 1. The second-order valence-electron chi connectivity index (χ2n) is 1.74. The number of aromatic hydroxyl groups is 1. The fraction of sp³-hybridized carbons (Fsp3) is 0.167. The van der Waals surface area contributed by atoms with Gasteiger partial charge in [-0.25, -0.2) is 8.78 Å². The van der Waals surface area contributed by atoms with Gasteiger partial charge in [0.15, 0.2) is 0 Å². The van der Waals surface area contributed by atoms with Crippen LogP contribution in [0.4, 0.5) is 8.78 Å². The predicted molar refractivity (Wildman–Crippen MR) is 30.9 cm³/mol. The first-order valence-electron chi connectivity index (χ1n) is 2.63. The molecule has 1 aromatic rings. The Morgan fingerprint density at radius 3 is 2.60 bits per heavy atom. The van der Waals surface area contributed by atoms with Crippen molar-refractivity contribution in [2.75, 3.05) is 0 Å². The molecule has 0 amide bonds. The Bertz CT molecular complexity index is 227. The molecule has 0 bridgehead atoms. The summed E-state index contributed by atoms with van der Waals surface area (Å²) in [5.41, 5.74) is -0.380. The van der Waals surface area contributed by atoms with Crippen LogP contribution < -0.4 is 0 Å². The summed E-state index contributed by atoms with van der Waals surface area (Å²) >= 11 is 0. The van der Waals surface area contributed by atoms with Gasteiger partial charge in [0.2, 0.25) is 0 Å². The smallest absolute Gasteiger partial charge is 0.267 e. The molecule has 1 aromatic heterocycles. The van der Waals surface area contributed by atoms with Crippen LogP contribution in [0.15, 0.2) is 18.5 Å². The maximum atomic E-state index is 11.8. The molecule has 0 saturated carbocycles. The molecule has 1 rings (SSSR count). The molecule has 4 heteroatoms. The molecule has 0 fully saturated rings. The van der Waals surface area contributed by atoms with Crippen LogP contribution in [0.1, 0.15) is 12.0 Å². The highest BCUT2D eigenvalue weighted by molar-refractivity contribution is 5.28. The van der Waals surface area contributed by atoms with Crippen LogP contribution in [-0.2, 0) is 0 Å². The molecular formula is C6H5F2NO. The van der Waals surface area contributed by atoms with E-state index in [1.807, 2.05) is 0 Å². The van der Waals surface area contributed by atoms with Gasteiger partial charge in [-0.1, -0.05) is 0 Å². The van der Waals surface area contributed by atoms with Crippen LogP contribution in [0.25, 0.3) is 0 Å². The number of aromatic nitrogens is 1. The van der Waals surface area contributed by atoms with Crippen molar-refractivity contribution in [2.45, 2.75) is 6.43 Å². The normalized spacial score (nSPS) is 10.3. The highest BCUT2D eigenvalue weighted by atomic mass is 19.3. The van der Waals surface area contributed by atoms with Gasteiger partial charge in [0, 0.05) is 6.20 Å². The van der Waals surface area contributed by atoms with Gasteiger partial charge in [0.1, 0.15) is 5.75 Å². The van der Waals surface area contributed by atoms with E-state index in [1.54, 1.807) is 0 Å². The molecule has 0 aliphatic carbocycles. The number of alkyl halides is 2. The fourth-order valence-electron chi connectivity index (χ4n) is 0.581. The van der Waals surface area contributed by atoms with Crippen molar-refractivity contribution in [3.05, 3.63) is 24.0 Å². The molecule has 10 heavy (non-hydrogen) atoms. The summed E-state index contributed by atoms with van der Waals surface area (Å²) in [6, 6.07) is 1.08. The number of hydrogen-bond donors (Lipinski definition) is 1. The summed E-state index contributed by atoms with van der Waals surface area (Å²) < 4.78 is 23.7. The molecule has 0 aliphatic rings. The van der Waals surface area contributed by atoms with Gasteiger partial charge < -0.3 is 5.11 Å². The second-order valence-corrected chi connectivity index (χ2v) is 1.74. The summed E-state index contributed by atoms with van der Waals surface area (Å²) in [6.45, 7) is 0. The molecule has 0 aliphatic heterocycles. The van der Waals surface area contributed by atoms with Gasteiger partial charge in [-0.2, -0.15) is 0 Å². The third-order valence-electron chi connectivity index (χ3n) is 1.07. The molecular weight excluding hydrogens is 140 g/mol. The van der Waals surface area contributed by atoms with E-state index in [0.29, 0.717) is 0 Å². The number of hydrogen-bond acceptors (Lipinski definition) is 2. The van der Waals surface area contributed by atoms with Crippen molar-refractivity contribution in [2.24, 2.45) is 0 Å². The third-order valence-corrected chi connectivity index (χ3v) is 1.07. The lowest BCUT2D eigenvalue weighted by atomic mass is 10.2. The van der Waals surface area contributed by atoms with Crippen LogP contribution in [0.3, 0.4) is 0 Å². The monoisotopic (exact) mass is 145 g/mol. The third kappa shape index (κ3) is 1.21. The Morgan fingerprint density at radius 1 is 1.50 bits per heavy atom. The topological polar surface area (TPSA) is 33.1 Å². The van der Waals surface area contributed by atoms with Gasteiger partial charge in [0.05, 0.1) is 11.8 Å². The van der Waals surface area contributed by atoms with Gasteiger partial charge in [0.25, 0.3) is 6.43 Å². The quantitative estimate of drug-likeness (QED) is 0.652. The van der Waals surface area contributed by atoms with Crippen molar-refractivity contribution in [3.8, 4) is 5.75 Å². The van der Waals surface area contributed by atoms with E-state index < -0.39 is 12.2 Å². The summed E-state index contributed by atoms with van der Waals surface area (Å²) in [4.78, 5) is 3.44. The van der Waals surface area contributed by atoms with E-state index in [1.165, 1.54) is 6.20 Å². The minimum Gasteiger partial charge on any atom is -0.506 e.